The average Bonchev–Trinajstić information content (AvgIpc) is 2.79. The van der Waals surface area contributed by atoms with E-state index in [1.807, 2.05) is 0 Å². The van der Waals surface area contributed by atoms with Crippen LogP contribution in [0.25, 0.3) is 27.8 Å². The molecule has 2 aromatic carbocycles. The quantitative estimate of drug-likeness (QED) is 0.414. The average molecular weight is 478 g/mol. The van der Waals surface area contributed by atoms with Gasteiger partial charge in [-0.1, -0.05) is 24.3 Å². The molecule has 4 aromatic rings. The number of hydrogen-bond donors (Lipinski definition) is 0. The Kier molecular flexibility index (Phi) is 5.48. The summed E-state index contributed by atoms with van der Waals surface area (Å²) in [6.45, 7) is 1.38. The Morgan fingerprint density at radius 1 is 1.00 bits per heavy atom. The lowest BCUT2D eigenvalue weighted by molar-refractivity contribution is -0.137. The van der Waals surface area contributed by atoms with Crippen molar-refractivity contribution in [3.63, 3.8) is 0 Å². The molecular weight excluding hydrogens is 464 g/mol. The molecule has 0 unspecified atom stereocenters. The van der Waals surface area contributed by atoms with Crippen molar-refractivity contribution in [3.8, 4) is 16.9 Å². The minimum absolute atomic E-state index is 0.0907. The standard InChI is InChI=1S/C21H14F4N4O3S/c1-2-33(31,32)18-9-13(12-3-6-15(22)7-4-12)11-26-19(18)29-20(30)16-10-14(21(23,24)25)5-8-17(16)27-28-29/h3-11H,2H2,1H3. The Morgan fingerprint density at radius 3 is 2.33 bits per heavy atom. The first-order chi connectivity index (χ1) is 15.5. The topological polar surface area (TPSA) is 94.8 Å². The highest BCUT2D eigenvalue weighted by atomic mass is 32.2. The number of halogens is 4. The molecule has 0 atom stereocenters. The molecule has 0 N–H and O–H groups in total. The predicted octanol–water partition coefficient (Wildman–Crippen LogP) is 3.79. The number of aromatic nitrogens is 4. The van der Waals surface area contributed by atoms with Crippen molar-refractivity contribution in [2.45, 2.75) is 18.0 Å². The fourth-order valence-corrected chi connectivity index (χ4v) is 4.17. The lowest BCUT2D eigenvalue weighted by Crippen LogP contribution is -2.26. The van der Waals surface area contributed by atoms with Gasteiger partial charge < -0.3 is 0 Å². The third-order valence-corrected chi connectivity index (χ3v) is 6.65. The summed E-state index contributed by atoms with van der Waals surface area (Å²) < 4.78 is 78.7. The van der Waals surface area contributed by atoms with E-state index in [1.54, 1.807) is 0 Å². The number of hydrogen-bond acceptors (Lipinski definition) is 6. The first-order valence-corrected chi connectivity index (χ1v) is 11.1. The molecular formula is C21H14F4N4O3S. The van der Waals surface area contributed by atoms with Crippen molar-refractivity contribution in [2.75, 3.05) is 5.75 Å². The number of alkyl halides is 3. The highest BCUT2D eigenvalue weighted by Gasteiger charge is 2.31. The van der Waals surface area contributed by atoms with Gasteiger partial charge in [-0.2, -0.15) is 17.9 Å². The molecule has 0 bridgehead atoms. The molecule has 7 nitrogen and oxygen atoms in total. The Morgan fingerprint density at radius 2 is 1.70 bits per heavy atom. The summed E-state index contributed by atoms with van der Waals surface area (Å²) in [4.78, 5) is 16.7. The molecule has 170 valence electrons. The molecule has 0 radical (unpaired) electrons. The van der Waals surface area contributed by atoms with Crippen LogP contribution in [-0.2, 0) is 16.0 Å². The van der Waals surface area contributed by atoms with Gasteiger partial charge in [-0.25, -0.2) is 17.8 Å². The van der Waals surface area contributed by atoms with Crippen LogP contribution < -0.4 is 5.56 Å². The highest BCUT2D eigenvalue weighted by molar-refractivity contribution is 7.91. The Labute approximate surface area is 184 Å². The largest absolute Gasteiger partial charge is 0.416 e. The second-order valence-corrected chi connectivity index (χ2v) is 9.24. The number of pyridine rings is 1. The fourth-order valence-electron chi connectivity index (χ4n) is 3.14. The third kappa shape index (κ3) is 4.21. The van der Waals surface area contributed by atoms with Gasteiger partial charge in [0.05, 0.1) is 16.7 Å². The van der Waals surface area contributed by atoms with Crippen LogP contribution in [0.15, 0.2) is 64.4 Å². The Hall–Kier alpha value is -3.67. The van der Waals surface area contributed by atoms with E-state index in [-0.39, 0.29) is 16.2 Å². The molecule has 0 aliphatic rings. The number of fused-ring (bicyclic) bond motifs is 1. The summed E-state index contributed by atoms with van der Waals surface area (Å²) in [7, 11) is -3.96. The van der Waals surface area contributed by atoms with Gasteiger partial charge in [-0.15, -0.1) is 5.10 Å². The minimum atomic E-state index is -4.69. The predicted molar refractivity (Wildman–Crippen MR) is 111 cm³/mol. The molecule has 0 spiro atoms. The molecule has 2 heterocycles. The van der Waals surface area contributed by atoms with Gasteiger partial charge in [0.2, 0.25) is 0 Å². The maximum Gasteiger partial charge on any atom is 0.416 e. The number of nitrogens with zero attached hydrogens (tertiary/aromatic N) is 4. The van der Waals surface area contributed by atoms with E-state index in [0.29, 0.717) is 21.9 Å². The van der Waals surface area contributed by atoms with E-state index in [1.165, 1.54) is 43.5 Å². The van der Waals surface area contributed by atoms with Gasteiger partial charge in [-0.3, -0.25) is 4.79 Å². The molecule has 12 heteroatoms. The normalized spacial score (nSPS) is 12.3. The summed E-state index contributed by atoms with van der Waals surface area (Å²) in [5.41, 5.74) is -1.37. The molecule has 2 aromatic heterocycles. The SMILES string of the molecule is CCS(=O)(=O)c1cc(-c2ccc(F)cc2)cnc1-n1nnc2ccc(C(F)(F)F)cc2c1=O. The third-order valence-electron chi connectivity index (χ3n) is 4.91. The molecule has 0 fully saturated rings. The smallest absolute Gasteiger partial charge is 0.267 e. The van der Waals surface area contributed by atoms with Gasteiger partial charge in [0.1, 0.15) is 16.2 Å². The molecule has 0 amide bonds. The molecule has 0 saturated carbocycles. The van der Waals surface area contributed by atoms with Crippen LogP contribution in [0.4, 0.5) is 17.6 Å². The maximum absolute atomic E-state index is 13.3. The summed E-state index contributed by atoms with van der Waals surface area (Å²) in [5.74, 6) is -1.23. The zero-order valence-corrected chi connectivity index (χ0v) is 17.7. The second kappa shape index (κ2) is 8.03. The lowest BCUT2D eigenvalue weighted by Gasteiger charge is -2.12. The van der Waals surface area contributed by atoms with Crippen molar-refractivity contribution in [3.05, 3.63) is 76.5 Å². The van der Waals surface area contributed by atoms with Crippen LogP contribution >= 0.6 is 0 Å². The van der Waals surface area contributed by atoms with Crippen molar-refractivity contribution in [2.24, 2.45) is 0 Å². The highest BCUT2D eigenvalue weighted by Crippen LogP contribution is 2.30. The fraction of sp³-hybridized carbons (Fsp3) is 0.143. The van der Waals surface area contributed by atoms with Gasteiger partial charge in [0, 0.05) is 11.8 Å². The zero-order valence-electron chi connectivity index (χ0n) is 16.8. The molecule has 0 aliphatic heterocycles. The van der Waals surface area contributed by atoms with Crippen LogP contribution in [-0.4, -0.2) is 34.1 Å². The lowest BCUT2D eigenvalue weighted by atomic mass is 10.1. The van der Waals surface area contributed by atoms with E-state index >= 15 is 0 Å². The van der Waals surface area contributed by atoms with Crippen molar-refractivity contribution < 1.29 is 26.0 Å². The van der Waals surface area contributed by atoms with Gasteiger partial charge in [0.25, 0.3) is 5.56 Å². The molecule has 0 aliphatic carbocycles. The molecule has 4 rings (SSSR count). The van der Waals surface area contributed by atoms with Crippen LogP contribution in [0.5, 0.6) is 0 Å². The van der Waals surface area contributed by atoms with E-state index in [0.717, 1.165) is 12.1 Å². The van der Waals surface area contributed by atoms with Crippen LogP contribution in [0.1, 0.15) is 12.5 Å². The van der Waals surface area contributed by atoms with Crippen molar-refractivity contribution in [1.29, 1.82) is 0 Å². The molecule has 33 heavy (non-hydrogen) atoms. The van der Waals surface area contributed by atoms with Crippen LogP contribution in [0, 0.1) is 5.82 Å². The van der Waals surface area contributed by atoms with Gasteiger partial charge in [-0.05, 0) is 42.0 Å². The van der Waals surface area contributed by atoms with E-state index in [9.17, 15) is 30.8 Å². The van der Waals surface area contributed by atoms with Gasteiger partial charge >= 0.3 is 6.18 Å². The van der Waals surface area contributed by atoms with Crippen LogP contribution in [0.3, 0.4) is 0 Å². The van der Waals surface area contributed by atoms with Crippen LogP contribution in [0.2, 0.25) is 0 Å². The summed E-state index contributed by atoms with van der Waals surface area (Å²) in [6, 6.07) is 8.88. The maximum atomic E-state index is 13.3. The second-order valence-electron chi connectivity index (χ2n) is 6.99. The summed E-state index contributed by atoms with van der Waals surface area (Å²) in [6.07, 6.45) is -3.44. The Bertz CT molecular complexity index is 1530. The first kappa shape index (κ1) is 22.5. The minimum Gasteiger partial charge on any atom is -0.267 e. The zero-order chi connectivity index (χ0) is 24.0. The van der Waals surface area contributed by atoms with Crippen molar-refractivity contribution in [1.82, 2.24) is 20.0 Å². The summed E-state index contributed by atoms with van der Waals surface area (Å²) in [5, 5.41) is 7.04. The number of rotatable bonds is 4. The summed E-state index contributed by atoms with van der Waals surface area (Å²) >= 11 is 0. The number of sulfone groups is 1. The van der Waals surface area contributed by atoms with Gasteiger partial charge in [0.15, 0.2) is 15.7 Å². The van der Waals surface area contributed by atoms with Crippen molar-refractivity contribution >= 4 is 20.7 Å². The Balaban J connectivity index is 1.97. The van der Waals surface area contributed by atoms with E-state index in [2.05, 4.69) is 15.3 Å². The first-order valence-electron chi connectivity index (χ1n) is 9.47. The molecule has 0 saturated heterocycles. The van der Waals surface area contributed by atoms with E-state index in [4.69, 9.17) is 0 Å². The van der Waals surface area contributed by atoms with E-state index < -0.39 is 44.2 Å². The monoisotopic (exact) mass is 478 g/mol. The number of benzene rings is 2.